The quantitative estimate of drug-likeness (QED) is 0.873. The van der Waals surface area contributed by atoms with Gasteiger partial charge in [0.25, 0.3) is 0 Å². The van der Waals surface area contributed by atoms with Gasteiger partial charge in [0.15, 0.2) is 0 Å². The molecule has 1 heterocycles. The van der Waals surface area contributed by atoms with E-state index in [1.165, 1.54) is 22.7 Å². The maximum atomic E-state index is 11.2. The van der Waals surface area contributed by atoms with Crippen LogP contribution in [0.3, 0.4) is 0 Å². The topological polar surface area (TPSA) is 65.1 Å². The van der Waals surface area contributed by atoms with Crippen LogP contribution in [0.1, 0.15) is 12.0 Å². The summed E-state index contributed by atoms with van der Waals surface area (Å²) in [6.45, 7) is 1.34. The molecule has 0 bridgehead atoms. The van der Waals surface area contributed by atoms with Gasteiger partial charge in [0.2, 0.25) is 0 Å². The SMILES string of the molecule is CS(=O)(=O)CCCn1ccc2cccc(CCN)c21. The number of hydrogen-bond donors (Lipinski definition) is 1. The van der Waals surface area contributed by atoms with Crippen LogP contribution in [0.15, 0.2) is 30.5 Å². The van der Waals surface area contributed by atoms with E-state index in [9.17, 15) is 8.42 Å². The van der Waals surface area contributed by atoms with Crippen molar-refractivity contribution in [3.8, 4) is 0 Å². The third kappa shape index (κ3) is 3.58. The van der Waals surface area contributed by atoms with E-state index < -0.39 is 9.84 Å². The molecule has 0 fully saturated rings. The molecule has 104 valence electrons. The lowest BCUT2D eigenvalue weighted by Gasteiger charge is -2.09. The summed E-state index contributed by atoms with van der Waals surface area (Å²) in [5, 5.41) is 1.19. The second kappa shape index (κ2) is 5.75. The number of fused-ring (bicyclic) bond motifs is 1. The lowest BCUT2D eigenvalue weighted by molar-refractivity contribution is 0.593. The van der Waals surface area contributed by atoms with E-state index in [4.69, 9.17) is 5.73 Å². The maximum absolute atomic E-state index is 11.2. The molecule has 5 heteroatoms. The Morgan fingerprint density at radius 3 is 2.74 bits per heavy atom. The van der Waals surface area contributed by atoms with Gasteiger partial charge in [0.1, 0.15) is 9.84 Å². The molecular weight excluding hydrogens is 260 g/mol. The van der Waals surface area contributed by atoms with Crippen molar-refractivity contribution in [1.82, 2.24) is 4.57 Å². The van der Waals surface area contributed by atoms with E-state index >= 15 is 0 Å². The number of nitrogens with zero attached hydrogens (tertiary/aromatic N) is 1. The highest BCUT2D eigenvalue weighted by Gasteiger charge is 2.07. The van der Waals surface area contributed by atoms with E-state index in [1.54, 1.807) is 0 Å². The molecule has 0 saturated heterocycles. The van der Waals surface area contributed by atoms with Crippen molar-refractivity contribution < 1.29 is 8.42 Å². The van der Waals surface area contributed by atoms with E-state index in [2.05, 4.69) is 22.8 Å². The zero-order valence-corrected chi connectivity index (χ0v) is 12.0. The smallest absolute Gasteiger partial charge is 0.147 e. The van der Waals surface area contributed by atoms with Crippen LogP contribution in [0, 0.1) is 0 Å². The summed E-state index contributed by atoms with van der Waals surface area (Å²) >= 11 is 0. The van der Waals surface area contributed by atoms with E-state index in [1.807, 2.05) is 12.3 Å². The number of nitrogens with two attached hydrogens (primary N) is 1. The molecule has 4 nitrogen and oxygen atoms in total. The van der Waals surface area contributed by atoms with Crippen molar-refractivity contribution in [3.05, 3.63) is 36.0 Å². The van der Waals surface area contributed by atoms with Gasteiger partial charge in [-0.3, -0.25) is 0 Å². The zero-order chi connectivity index (χ0) is 13.9. The molecule has 0 radical (unpaired) electrons. The first kappa shape index (κ1) is 14.1. The molecule has 1 aromatic carbocycles. The van der Waals surface area contributed by atoms with Crippen LogP contribution in [0.25, 0.3) is 10.9 Å². The first-order valence-electron chi connectivity index (χ1n) is 6.46. The van der Waals surface area contributed by atoms with Crippen LogP contribution in [0.5, 0.6) is 0 Å². The molecule has 19 heavy (non-hydrogen) atoms. The predicted octanol–water partition coefficient (Wildman–Crippen LogP) is 1.58. The molecule has 0 spiro atoms. The van der Waals surface area contributed by atoms with Crippen molar-refractivity contribution in [2.75, 3.05) is 18.6 Å². The van der Waals surface area contributed by atoms with Gasteiger partial charge >= 0.3 is 0 Å². The standard InChI is InChI=1S/C14H20N2O2S/c1-19(17,18)11-3-9-16-10-7-13-5-2-4-12(6-8-15)14(13)16/h2,4-5,7,10H,3,6,8-9,11,15H2,1H3. The molecule has 2 rings (SSSR count). The number of benzene rings is 1. The molecule has 0 aliphatic heterocycles. The Hall–Kier alpha value is -1.33. The van der Waals surface area contributed by atoms with Crippen LogP contribution in [0.2, 0.25) is 0 Å². The molecule has 0 saturated carbocycles. The lowest BCUT2D eigenvalue weighted by atomic mass is 10.1. The second-order valence-corrected chi connectivity index (χ2v) is 7.15. The first-order chi connectivity index (χ1) is 9.01. The molecule has 1 aromatic heterocycles. The number of hydrogen-bond acceptors (Lipinski definition) is 3. The van der Waals surface area contributed by atoms with Gasteiger partial charge in [-0.2, -0.15) is 0 Å². The monoisotopic (exact) mass is 280 g/mol. The predicted molar refractivity (Wildman–Crippen MR) is 79.0 cm³/mol. The largest absolute Gasteiger partial charge is 0.347 e. The van der Waals surface area contributed by atoms with Crippen molar-refractivity contribution in [3.63, 3.8) is 0 Å². The highest BCUT2D eigenvalue weighted by atomic mass is 32.2. The lowest BCUT2D eigenvalue weighted by Crippen LogP contribution is -2.08. The normalized spacial score (nSPS) is 12.1. The van der Waals surface area contributed by atoms with Gasteiger partial charge in [0.05, 0.1) is 11.3 Å². The fourth-order valence-electron chi connectivity index (χ4n) is 2.38. The minimum atomic E-state index is -2.88. The average Bonchev–Trinajstić information content (AvgIpc) is 2.73. The number of rotatable bonds is 6. The highest BCUT2D eigenvalue weighted by Crippen LogP contribution is 2.21. The Morgan fingerprint density at radius 2 is 2.05 bits per heavy atom. The van der Waals surface area contributed by atoms with Crippen LogP contribution >= 0.6 is 0 Å². The number of para-hydroxylation sites is 1. The molecule has 0 atom stereocenters. The van der Waals surface area contributed by atoms with Crippen LogP contribution in [0.4, 0.5) is 0 Å². The van der Waals surface area contributed by atoms with Crippen LogP contribution in [-0.4, -0.2) is 31.5 Å². The summed E-state index contributed by atoms with van der Waals surface area (Å²) in [6, 6.07) is 8.26. The Labute approximate surface area is 114 Å². The fourth-order valence-corrected chi connectivity index (χ4v) is 3.03. The summed E-state index contributed by atoms with van der Waals surface area (Å²) in [6.07, 6.45) is 4.78. The van der Waals surface area contributed by atoms with Gasteiger partial charge in [-0.1, -0.05) is 18.2 Å². The molecule has 2 N–H and O–H groups in total. The third-order valence-electron chi connectivity index (χ3n) is 3.20. The van der Waals surface area contributed by atoms with E-state index in [0.717, 1.165) is 13.0 Å². The maximum Gasteiger partial charge on any atom is 0.147 e. The van der Waals surface area contributed by atoms with E-state index in [0.29, 0.717) is 13.0 Å². The fraction of sp³-hybridized carbons (Fsp3) is 0.429. The zero-order valence-electron chi connectivity index (χ0n) is 11.2. The average molecular weight is 280 g/mol. The Balaban J connectivity index is 2.23. The van der Waals surface area contributed by atoms with Gasteiger partial charge in [0, 0.05) is 19.0 Å². The van der Waals surface area contributed by atoms with Crippen molar-refractivity contribution >= 4 is 20.7 Å². The second-order valence-electron chi connectivity index (χ2n) is 4.89. The Kier molecular flexibility index (Phi) is 4.27. The molecule has 0 unspecified atom stereocenters. The minimum Gasteiger partial charge on any atom is -0.347 e. The molecular formula is C14H20N2O2S. The number of sulfone groups is 1. The molecule has 0 amide bonds. The van der Waals surface area contributed by atoms with Crippen molar-refractivity contribution in [2.45, 2.75) is 19.4 Å². The van der Waals surface area contributed by atoms with Gasteiger partial charge in [-0.15, -0.1) is 0 Å². The summed E-state index contributed by atoms with van der Waals surface area (Å²) in [7, 11) is -2.88. The third-order valence-corrected chi connectivity index (χ3v) is 4.23. The Morgan fingerprint density at radius 1 is 1.26 bits per heavy atom. The molecule has 2 aromatic rings. The first-order valence-corrected chi connectivity index (χ1v) is 8.52. The van der Waals surface area contributed by atoms with Crippen molar-refractivity contribution in [2.24, 2.45) is 5.73 Å². The molecule has 0 aliphatic carbocycles. The van der Waals surface area contributed by atoms with Crippen LogP contribution < -0.4 is 5.73 Å². The van der Waals surface area contributed by atoms with Gasteiger partial charge in [-0.05, 0) is 36.4 Å². The van der Waals surface area contributed by atoms with Crippen molar-refractivity contribution in [1.29, 1.82) is 0 Å². The van der Waals surface area contributed by atoms with Crippen LogP contribution in [-0.2, 0) is 22.8 Å². The summed E-state index contributed by atoms with van der Waals surface area (Å²) in [4.78, 5) is 0. The van der Waals surface area contributed by atoms with Gasteiger partial charge in [-0.25, -0.2) is 8.42 Å². The van der Waals surface area contributed by atoms with Gasteiger partial charge < -0.3 is 10.3 Å². The minimum absolute atomic E-state index is 0.228. The number of aromatic nitrogens is 1. The summed E-state index contributed by atoms with van der Waals surface area (Å²) < 4.78 is 24.5. The highest BCUT2D eigenvalue weighted by molar-refractivity contribution is 7.90. The summed E-state index contributed by atoms with van der Waals surface area (Å²) in [5.74, 6) is 0.228. The molecule has 0 aliphatic rings. The number of aryl methyl sites for hydroxylation is 1. The summed E-state index contributed by atoms with van der Waals surface area (Å²) in [5.41, 5.74) is 8.05. The van der Waals surface area contributed by atoms with E-state index in [-0.39, 0.29) is 5.75 Å². The Bertz CT molecular complexity index is 659.